The normalized spacial score (nSPS) is 13.4. The second-order valence-electron chi connectivity index (χ2n) is 7.71. The van der Waals surface area contributed by atoms with Crippen LogP contribution in [-0.4, -0.2) is 36.2 Å². The number of alkyl halides is 9. The summed E-state index contributed by atoms with van der Waals surface area (Å²) in [5.41, 5.74) is 1.35. The van der Waals surface area contributed by atoms with E-state index >= 15 is 0 Å². The summed E-state index contributed by atoms with van der Waals surface area (Å²) in [4.78, 5) is 0. The predicted octanol–water partition coefficient (Wildman–Crippen LogP) is 6.38. The molecule has 0 radical (unpaired) electrons. The molecule has 0 aromatic carbocycles. The average molecular weight is 533 g/mol. The van der Waals surface area contributed by atoms with Crippen LogP contribution in [0.5, 0.6) is 0 Å². The standard InChI is InChI=1S/C16H28N.C4HF9O3S/c1-3-4-5-6-7-8-9-10-13-17-14-11-12-16(2)15-17;5-1(6,3(9,10)11)2(7,8)4(12,13)17(14,15)16/h11-12,14-15H,3-10,13H2,1-2H3;(H,14,15,16)/q+1;/p-1. The molecule has 0 saturated heterocycles. The van der Waals surface area contributed by atoms with E-state index in [0.717, 1.165) is 0 Å². The van der Waals surface area contributed by atoms with E-state index in [1.807, 2.05) is 0 Å². The van der Waals surface area contributed by atoms with Crippen molar-refractivity contribution in [3.05, 3.63) is 30.1 Å². The highest BCUT2D eigenvalue weighted by atomic mass is 32.2. The molecule has 0 fully saturated rings. The highest BCUT2D eigenvalue weighted by Gasteiger charge is 2.83. The Bertz CT molecular complexity index is 844. The molecule has 0 atom stereocenters. The third-order valence-electron chi connectivity index (χ3n) is 4.71. The van der Waals surface area contributed by atoms with Crippen molar-refractivity contribution in [2.24, 2.45) is 0 Å². The summed E-state index contributed by atoms with van der Waals surface area (Å²) in [6.07, 6.45) is 8.43. The van der Waals surface area contributed by atoms with E-state index in [9.17, 15) is 52.5 Å². The minimum Gasteiger partial charge on any atom is -0.743 e. The van der Waals surface area contributed by atoms with Gasteiger partial charge in [-0.25, -0.2) is 13.0 Å². The molecular weight excluding hydrogens is 505 g/mol. The Balaban J connectivity index is 0.000000641. The minimum atomic E-state index is -7.43. The van der Waals surface area contributed by atoms with Gasteiger partial charge >= 0.3 is 23.3 Å². The number of halogens is 9. The van der Waals surface area contributed by atoms with Crippen molar-refractivity contribution in [1.29, 1.82) is 0 Å². The minimum absolute atomic E-state index is 1.18. The number of unbranched alkanes of at least 4 members (excludes halogenated alkanes) is 7. The number of pyridine rings is 1. The van der Waals surface area contributed by atoms with Gasteiger partial charge in [0, 0.05) is 18.1 Å². The first-order valence-corrected chi connectivity index (χ1v) is 11.8. The Morgan fingerprint density at radius 1 is 0.824 bits per heavy atom. The van der Waals surface area contributed by atoms with Crippen molar-refractivity contribution < 1.29 is 57.1 Å². The van der Waals surface area contributed by atoms with Crippen molar-refractivity contribution in [3.63, 3.8) is 0 Å². The summed E-state index contributed by atoms with van der Waals surface area (Å²) >= 11 is 0. The predicted molar refractivity (Wildman–Crippen MR) is 105 cm³/mol. The lowest BCUT2D eigenvalue weighted by molar-refractivity contribution is -0.697. The fraction of sp³-hybridized carbons (Fsp3) is 0.750. The van der Waals surface area contributed by atoms with Crippen LogP contribution in [0.3, 0.4) is 0 Å². The van der Waals surface area contributed by atoms with Crippen molar-refractivity contribution in [2.75, 3.05) is 0 Å². The zero-order valence-corrected chi connectivity index (χ0v) is 19.5. The van der Waals surface area contributed by atoms with E-state index in [0.29, 0.717) is 0 Å². The van der Waals surface area contributed by atoms with Gasteiger partial charge in [0.25, 0.3) is 0 Å². The Morgan fingerprint density at radius 2 is 1.29 bits per heavy atom. The van der Waals surface area contributed by atoms with Crippen LogP contribution >= 0.6 is 0 Å². The number of hydrogen-bond acceptors (Lipinski definition) is 3. The van der Waals surface area contributed by atoms with Gasteiger partial charge in [-0.3, -0.25) is 0 Å². The van der Waals surface area contributed by atoms with Gasteiger partial charge < -0.3 is 4.55 Å². The van der Waals surface area contributed by atoms with Crippen LogP contribution in [0.4, 0.5) is 39.5 Å². The first kappa shape index (κ1) is 32.4. The molecule has 200 valence electrons. The van der Waals surface area contributed by atoms with Crippen LogP contribution < -0.4 is 4.57 Å². The summed E-state index contributed by atoms with van der Waals surface area (Å²) in [5, 5.41) is -7.11. The van der Waals surface area contributed by atoms with E-state index in [2.05, 4.69) is 42.9 Å². The van der Waals surface area contributed by atoms with E-state index < -0.39 is 33.4 Å². The SMILES string of the molecule is CCCCCCCCCC[n+]1cccc(C)c1.O=S(=O)([O-])C(F)(F)C(F)(F)C(F)(F)C(F)(F)F. The lowest BCUT2D eigenvalue weighted by Gasteiger charge is -2.34. The maximum atomic E-state index is 12.2. The van der Waals surface area contributed by atoms with E-state index in [1.54, 1.807) is 0 Å². The topological polar surface area (TPSA) is 61.1 Å². The van der Waals surface area contributed by atoms with Crippen molar-refractivity contribution >= 4 is 10.1 Å². The number of aromatic nitrogens is 1. The fourth-order valence-electron chi connectivity index (χ4n) is 2.74. The van der Waals surface area contributed by atoms with Gasteiger partial charge in [0.1, 0.15) is 6.54 Å². The molecule has 1 aromatic heterocycles. The van der Waals surface area contributed by atoms with Crippen molar-refractivity contribution in [1.82, 2.24) is 0 Å². The molecule has 1 heterocycles. The highest BCUT2D eigenvalue weighted by molar-refractivity contribution is 7.86. The summed E-state index contributed by atoms with van der Waals surface area (Å²) in [6, 6.07) is 4.30. The highest BCUT2D eigenvalue weighted by Crippen LogP contribution is 2.54. The van der Waals surface area contributed by atoms with E-state index in [4.69, 9.17) is 0 Å². The zero-order valence-electron chi connectivity index (χ0n) is 18.7. The van der Waals surface area contributed by atoms with Crippen LogP contribution in [0.1, 0.15) is 63.9 Å². The number of rotatable bonds is 12. The van der Waals surface area contributed by atoms with Gasteiger partial charge in [-0.1, -0.05) is 45.4 Å². The van der Waals surface area contributed by atoms with Crippen LogP contribution in [0.2, 0.25) is 0 Å². The molecule has 0 spiro atoms. The molecule has 4 nitrogen and oxygen atoms in total. The largest absolute Gasteiger partial charge is 0.743 e. The summed E-state index contributed by atoms with van der Waals surface area (Å²) in [7, 11) is -7.42. The Kier molecular flexibility index (Phi) is 12.3. The molecule has 0 aliphatic rings. The van der Waals surface area contributed by atoms with Crippen LogP contribution in [0.25, 0.3) is 0 Å². The number of aryl methyl sites for hydroxylation is 2. The first-order valence-electron chi connectivity index (χ1n) is 10.4. The lowest BCUT2D eigenvalue weighted by Crippen LogP contribution is -2.63. The van der Waals surface area contributed by atoms with Crippen molar-refractivity contribution in [3.8, 4) is 0 Å². The Labute approximate surface area is 192 Å². The maximum Gasteiger partial charge on any atom is 0.460 e. The van der Waals surface area contributed by atoms with E-state index in [1.165, 1.54) is 63.5 Å². The Morgan fingerprint density at radius 3 is 1.71 bits per heavy atom. The van der Waals surface area contributed by atoms with Crippen LogP contribution in [-0.2, 0) is 16.7 Å². The maximum absolute atomic E-state index is 12.2. The van der Waals surface area contributed by atoms with Crippen LogP contribution in [0, 0.1) is 6.92 Å². The molecule has 0 unspecified atom stereocenters. The van der Waals surface area contributed by atoms with Gasteiger partial charge in [-0.15, -0.1) is 0 Å². The van der Waals surface area contributed by atoms with Gasteiger partial charge in [0.15, 0.2) is 22.5 Å². The smallest absolute Gasteiger partial charge is 0.460 e. The molecule has 0 saturated carbocycles. The molecule has 14 heteroatoms. The molecule has 34 heavy (non-hydrogen) atoms. The molecule has 1 aromatic rings. The van der Waals surface area contributed by atoms with Gasteiger partial charge in [0.2, 0.25) is 0 Å². The first-order chi connectivity index (χ1) is 15.3. The second kappa shape index (κ2) is 12.9. The van der Waals surface area contributed by atoms with Crippen molar-refractivity contribution in [2.45, 2.75) is 95.0 Å². The fourth-order valence-corrected chi connectivity index (χ4v) is 3.18. The molecule has 0 bridgehead atoms. The van der Waals surface area contributed by atoms with Gasteiger partial charge in [-0.2, -0.15) is 39.5 Å². The molecule has 0 amide bonds. The quantitative estimate of drug-likeness (QED) is 0.136. The molecular formula is C20H28F9NO3S. The molecule has 1 rings (SSSR count). The second-order valence-corrected chi connectivity index (χ2v) is 9.13. The summed E-state index contributed by atoms with van der Waals surface area (Å²) in [6.45, 7) is 5.61. The Hall–Kier alpha value is -1.57. The zero-order chi connectivity index (χ0) is 26.8. The van der Waals surface area contributed by atoms with E-state index in [-0.39, 0.29) is 0 Å². The molecule has 0 aliphatic carbocycles. The summed E-state index contributed by atoms with van der Waals surface area (Å²) < 4.78 is 138. The van der Waals surface area contributed by atoms with Crippen LogP contribution in [0.15, 0.2) is 24.5 Å². The third-order valence-corrected chi connectivity index (χ3v) is 5.59. The number of hydrogen-bond donors (Lipinski definition) is 0. The average Bonchev–Trinajstić information content (AvgIpc) is 2.68. The lowest BCUT2D eigenvalue weighted by atomic mass is 10.1. The third kappa shape index (κ3) is 8.90. The van der Waals surface area contributed by atoms with Gasteiger partial charge in [-0.05, 0) is 19.4 Å². The summed E-state index contributed by atoms with van der Waals surface area (Å²) in [5.74, 6) is -14.8. The monoisotopic (exact) mass is 533 g/mol. The van der Waals surface area contributed by atoms with Gasteiger partial charge in [0.05, 0.1) is 0 Å². The molecule has 0 aliphatic heterocycles. The number of nitrogens with zero attached hydrogens (tertiary/aromatic N) is 1. The molecule has 0 N–H and O–H groups in total.